The molecule has 2 aromatic rings. The van der Waals surface area contributed by atoms with Crippen molar-refractivity contribution in [1.82, 2.24) is 9.62 Å². The molecular formula is C28H37FN2O6S. The Bertz CT molecular complexity index is 1120. The molecule has 38 heavy (non-hydrogen) atoms. The normalized spacial score (nSPS) is 20.2. The monoisotopic (exact) mass is 548 g/mol. The first kappa shape index (κ1) is 28.5. The Balaban J connectivity index is 1.54. The van der Waals surface area contributed by atoms with Crippen LogP contribution in [0, 0.1) is 11.7 Å². The summed E-state index contributed by atoms with van der Waals surface area (Å²) in [5.74, 6) is -0.361. The third-order valence-electron chi connectivity index (χ3n) is 7.26. The van der Waals surface area contributed by atoms with E-state index in [0.717, 1.165) is 49.8 Å². The van der Waals surface area contributed by atoms with E-state index in [9.17, 15) is 22.7 Å². The van der Waals surface area contributed by atoms with Crippen molar-refractivity contribution < 1.29 is 32.2 Å². The molecule has 2 fully saturated rings. The smallest absolute Gasteiger partial charge is 0.407 e. The quantitative estimate of drug-likeness (QED) is 0.442. The zero-order valence-electron chi connectivity index (χ0n) is 21.5. The van der Waals surface area contributed by atoms with E-state index in [1.165, 1.54) is 16.4 Å². The summed E-state index contributed by atoms with van der Waals surface area (Å²) in [4.78, 5) is 12.7. The number of halogens is 1. The van der Waals surface area contributed by atoms with Crippen LogP contribution in [0.4, 0.5) is 9.18 Å². The fourth-order valence-corrected chi connectivity index (χ4v) is 6.65. The molecular weight excluding hydrogens is 511 g/mol. The van der Waals surface area contributed by atoms with Crippen molar-refractivity contribution in [2.45, 2.75) is 68.1 Å². The lowest BCUT2D eigenvalue weighted by Gasteiger charge is -2.33. The number of hydrogen-bond donors (Lipinski definition) is 2. The van der Waals surface area contributed by atoms with Gasteiger partial charge in [-0.25, -0.2) is 17.6 Å². The van der Waals surface area contributed by atoms with Gasteiger partial charge in [0.15, 0.2) is 0 Å². The second-order valence-corrected chi connectivity index (χ2v) is 12.1. The van der Waals surface area contributed by atoms with Gasteiger partial charge in [-0.05, 0) is 55.0 Å². The Morgan fingerprint density at radius 1 is 1.08 bits per heavy atom. The molecule has 1 aliphatic heterocycles. The van der Waals surface area contributed by atoms with Gasteiger partial charge in [0.25, 0.3) is 0 Å². The van der Waals surface area contributed by atoms with Crippen molar-refractivity contribution in [3.8, 4) is 0 Å². The molecule has 1 amide bonds. The minimum atomic E-state index is -4.02. The molecule has 0 radical (unpaired) electrons. The van der Waals surface area contributed by atoms with E-state index < -0.39 is 34.1 Å². The molecule has 2 N–H and O–H groups in total. The highest BCUT2D eigenvalue weighted by atomic mass is 32.2. The van der Waals surface area contributed by atoms with Crippen molar-refractivity contribution >= 4 is 16.1 Å². The molecule has 1 heterocycles. The van der Waals surface area contributed by atoms with Gasteiger partial charge in [0.2, 0.25) is 10.0 Å². The maximum absolute atomic E-state index is 13.7. The van der Waals surface area contributed by atoms with Crippen molar-refractivity contribution in [1.29, 1.82) is 0 Å². The van der Waals surface area contributed by atoms with E-state index in [2.05, 4.69) is 5.32 Å². The largest absolute Gasteiger partial charge is 0.444 e. The molecule has 2 aliphatic rings. The van der Waals surface area contributed by atoms with Gasteiger partial charge in [-0.2, -0.15) is 4.31 Å². The van der Waals surface area contributed by atoms with Gasteiger partial charge >= 0.3 is 6.09 Å². The van der Waals surface area contributed by atoms with E-state index >= 15 is 0 Å². The van der Waals surface area contributed by atoms with Crippen LogP contribution < -0.4 is 5.32 Å². The van der Waals surface area contributed by atoms with Crippen LogP contribution in [0.1, 0.15) is 44.1 Å². The van der Waals surface area contributed by atoms with Gasteiger partial charge in [0, 0.05) is 19.5 Å². The van der Waals surface area contributed by atoms with Gasteiger partial charge < -0.3 is 19.9 Å². The van der Waals surface area contributed by atoms with Crippen LogP contribution >= 0.6 is 0 Å². The number of amides is 1. The molecule has 10 heteroatoms. The van der Waals surface area contributed by atoms with Crippen LogP contribution in [-0.2, 0) is 25.9 Å². The molecule has 0 aromatic heterocycles. The Morgan fingerprint density at radius 2 is 1.79 bits per heavy atom. The third kappa shape index (κ3) is 7.99. The van der Waals surface area contributed by atoms with E-state index in [4.69, 9.17) is 9.47 Å². The molecule has 1 saturated carbocycles. The Kier molecular flexibility index (Phi) is 10.1. The molecule has 3 atom stereocenters. The molecule has 1 aliphatic carbocycles. The van der Waals surface area contributed by atoms with Crippen molar-refractivity contribution in [2.75, 3.05) is 26.3 Å². The summed E-state index contributed by atoms with van der Waals surface area (Å²) >= 11 is 0. The molecule has 0 spiro atoms. The second-order valence-electron chi connectivity index (χ2n) is 10.2. The number of ether oxygens (including phenoxy) is 2. The number of aliphatic hydroxyl groups is 1. The summed E-state index contributed by atoms with van der Waals surface area (Å²) in [6.07, 6.45) is 3.64. The number of rotatable bonds is 11. The number of nitrogens with zero attached hydrogens (tertiary/aromatic N) is 1. The van der Waals surface area contributed by atoms with E-state index in [-0.39, 0.29) is 36.4 Å². The highest BCUT2D eigenvalue weighted by molar-refractivity contribution is 7.89. The van der Waals surface area contributed by atoms with E-state index in [1.807, 2.05) is 30.3 Å². The molecule has 1 unspecified atom stereocenters. The van der Waals surface area contributed by atoms with Crippen LogP contribution in [-0.4, -0.2) is 68.5 Å². The van der Waals surface area contributed by atoms with Crippen molar-refractivity contribution in [2.24, 2.45) is 5.92 Å². The summed E-state index contributed by atoms with van der Waals surface area (Å²) < 4.78 is 52.8. The van der Waals surface area contributed by atoms with Crippen molar-refractivity contribution in [3.05, 3.63) is 66.0 Å². The van der Waals surface area contributed by atoms with Gasteiger partial charge in [0.05, 0.1) is 30.3 Å². The van der Waals surface area contributed by atoms with Gasteiger partial charge in [-0.3, -0.25) is 0 Å². The fourth-order valence-electron chi connectivity index (χ4n) is 5.11. The number of sulfonamides is 1. The Labute approximate surface area is 224 Å². The molecule has 1 saturated heterocycles. The molecule has 0 bridgehead atoms. The van der Waals surface area contributed by atoms with Crippen LogP contribution in [0.2, 0.25) is 0 Å². The number of aliphatic hydroxyl groups excluding tert-OH is 1. The summed E-state index contributed by atoms with van der Waals surface area (Å²) in [6, 6.07) is 13.3. The van der Waals surface area contributed by atoms with Crippen LogP contribution in [0.25, 0.3) is 0 Å². The maximum atomic E-state index is 13.7. The Hall–Kier alpha value is -2.53. The van der Waals surface area contributed by atoms with Crippen LogP contribution in [0.3, 0.4) is 0 Å². The molecule has 8 nitrogen and oxygen atoms in total. The molecule has 208 valence electrons. The highest BCUT2D eigenvalue weighted by Crippen LogP contribution is 2.27. The second kappa shape index (κ2) is 13.5. The average Bonchev–Trinajstić information content (AvgIpc) is 3.42. The van der Waals surface area contributed by atoms with Gasteiger partial charge in [0.1, 0.15) is 11.9 Å². The van der Waals surface area contributed by atoms with Gasteiger partial charge in [-0.1, -0.05) is 49.6 Å². The minimum Gasteiger partial charge on any atom is -0.444 e. The summed E-state index contributed by atoms with van der Waals surface area (Å²) in [6.45, 7) is 0.870. The lowest BCUT2D eigenvalue weighted by atomic mass is 9.89. The maximum Gasteiger partial charge on any atom is 0.407 e. The first-order valence-electron chi connectivity index (χ1n) is 13.3. The summed E-state index contributed by atoms with van der Waals surface area (Å²) in [5, 5.41) is 14.1. The zero-order chi connectivity index (χ0) is 27.0. The lowest BCUT2D eigenvalue weighted by molar-refractivity contribution is 0.0637. The zero-order valence-corrected chi connectivity index (χ0v) is 22.3. The summed E-state index contributed by atoms with van der Waals surface area (Å²) in [7, 11) is -4.02. The number of hydrogen-bond acceptors (Lipinski definition) is 6. The average molecular weight is 549 g/mol. The number of benzene rings is 2. The Morgan fingerprint density at radius 3 is 2.45 bits per heavy atom. The van der Waals surface area contributed by atoms with Crippen LogP contribution in [0.15, 0.2) is 59.5 Å². The van der Waals surface area contributed by atoms with E-state index in [1.54, 1.807) is 0 Å². The topological polar surface area (TPSA) is 105 Å². The number of nitrogens with one attached hydrogen (secondary N) is 1. The predicted octanol–water partition coefficient (Wildman–Crippen LogP) is 3.88. The molecule has 2 aromatic carbocycles. The fraction of sp³-hybridized carbons (Fsp3) is 0.536. The van der Waals surface area contributed by atoms with Gasteiger partial charge in [-0.15, -0.1) is 0 Å². The van der Waals surface area contributed by atoms with Crippen LogP contribution in [0.5, 0.6) is 0 Å². The lowest BCUT2D eigenvalue weighted by Crippen LogP contribution is -2.51. The predicted molar refractivity (Wildman–Crippen MR) is 141 cm³/mol. The number of carbonyl (C=O) groups excluding carboxylic acids is 1. The highest BCUT2D eigenvalue weighted by Gasteiger charge is 2.33. The first-order chi connectivity index (χ1) is 18.3. The standard InChI is InChI=1S/C28H37FN2O6S/c29-23-11-13-25(14-12-23)38(34,35)31(18-22-9-5-2-6-10-22)19-27(32)26(17-21-7-3-1-4-8-21)30-28(33)37-24-15-16-36-20-24/h1,3-4,7-8,11-14,22,24,26-27,32H,2,5-6,9-10,15-20H2,(H,30,33)/t24-,26?,27-/m0/s1. The van der Waals surface area contributed by atoms with E-state index in [0.29, 0.717) is 19.6 Å². The summed E-state index contributed by atoms with van der Waals surface area (Å²) in [5.41, 5.74) is 0.876. The number of carbonyl (C=O) groups is 1. The molecule has 4 rings (SSSR count). The van der Waals surface area contributed by atoms with Crippen molar-refractivity contribution in [3.63, 3.8) is 0 Å². The third-order valence-corrected chi connectivity index (χ3v) is 9.10. The number of alkyl carbamates (subject to hydrolysis) is 1. The minimum absolute atomic E-state index is 0.0323. The SMILES string of the molecule is O=C(NC(Cc1ccccc1)[C@@H](O)CN(CC1CCCCC1)S(=O)(=O)c1ccc(F)cc1)O[C@H]1CCOC1. The first-order valence-corrected chi connectivity index (χ1v) is 14.8.